The summed E-state index contributed by atoms with van der Waals surface area (Å²) in [5.41, 5.74) is 6.10. The summed E-state index contributed by atoms with van der Waals surface area (Å²) in [6.07, 6.45) is 5.99. The molecule has 0 atom stereocenters. The SMILES string of the molecule is CCCCOc1ccc(-c2nn(-c3ccccc3)cc2/C=C(/C#N)c2nc3ccccc3s2)c(C)c1. The molecule has 0 N–H and O–H groups in total. The molecule has 0 fully saturated rings. The van der Waals surface area contributed by atoms with Crippen LogP contribution >= 0.6 is 11.3 Å². The molecular weight excluding hydrogens is 464 g/mol. The summed E-state index contributed by atoms with van der Waals surface area (Å²) in [7, 11) is 0. The van der Waals surface area contributed by atoms with Gasteiger partial charge in [0.1, 0.15) is 22.5 Å². The van der Waals surface area contributed by atoms with Gasteiger partial charge in [0.2, 0.25) is 0 Å². The van der Waals surface area contributed by atoms with Gasteiger partial charge in [0.05, 0.1) is 28.1 Å². The first-order chi connectivity index (χ1) is 17.7. The number of aryl methyl sites for hydroxylation is 1. The van der Waals surface area contributed by atoms with E-state index in [2.05, 4.69) is 32.0 Å². The summed E-state index contributed by atoms with van der Waals surface area (Å²) in [5, 5.41) is 15.7. The van der Waals surface area contributed by atoms with Crippen LogP contribution in [0.2, 0.25) is 0 Å². The van der Waals surface area contributed by atoms with Gasteiger partial charge in [-0.1, -0.05) is 43.7 Å². The van der Waals surface area contributed by atoms with Gasteiger partial charge in [-0.3, -0.25) is 0 Å². The van der Waals surface area contributed by atoms with Crippen molar-refractivity contribution in [2.75, 3.05) is 6.61 Å². The predicted molar refractivity (Wildman–Crippen MR) is 147 cm³/mol. The zero-order valence-electron chi connectivity index (χ0n) is 20.3. The third-order valence-electron chi connectivity index (χ3n) is 5.93. The second kappa shape index (κ2) is 10.6. The molecule has 0 radical (unpaired) electrons. The Labute approximate surface area is 214 Å². The van der Waals surface area contributed by atoms with Crippen LogP contribution in [0.4, 0.5) is 0 Å². The minimum atomic E-state index is 0.516. The summed E-state index contributed by atoms with van der Waals surface area (Å²) in [6, 6.07) is 26.4. The quantitative estimate of drug-likeness (QED) is 0.165. The van der Waals surface area contributed by atoms with E-state index in [0.29, 0.717) is 17.2 Å². The van der Waals surface area contributed by atoms with Crippen LogP contribution in [0.25, 0.3) is 38.8 Å². The molecule has 0 aliphatic heterocycles. The lowest BCUT2D eigenvalue weighted by atomic mass is 10.0. The average molecular weight is 491 g/mol. The Bertz CT molecular complexity index is 1540. The van der Waals surface area contributed by atoms with Gasteiger partial charge >= 0.3 is 0 Å². The molecule has 36 heavy (non-hydrogen) atoms. The van der Waals surface area contributed by atoms with Crippen molar-refractivity contribution in [1.29, 1.82) is 5.26 Å². The van der Waals surface area contributed by atoms with Gasteiger partial charge in [0.15, 0.2) is 0 Å². The van der Waals surface area contributed by atoms with Crippen LogP contribution in [0.5, 0.6) is 5.75 Å². The van der Waals surface area contributed by atoms with Crippen LogP contribution in [-0.2, 0) is 0 Å². The van der Waals surface area contributed by atoms with Crippen molar-refractivity contribution in [1.82, 2.24) is 14.8 Å². The number of rotatable bonds is 8. The number of thiazole rings is 1. The molecule has 178 valence electrons. The van der Waals surface area contributed by atoms with E-state index in [9.17, 15) is 5.26 Å². The van der Waals surface area contributed by atoms with Crippen LogP contribution in [0.3, 0.4) is 0 Å². The lowest BCUT2D eigenvalue weighted by molar-refractivity contribution is 0.309. The van der Waals surface area contributed by atoms with Crippen LogP contribution in [0.1, 0.15) is 35.9 Å². The van der Waals surface area contributed by atoms with Crippen LogP contribution in [0.15, 0.2) is 79.0 Å². The van der Waals surface area contributed by atoms with Gasteiger partial charge in [-0.2, -0.15) is 10.4 Å². The molecular formula is C30H26N4OS. The van der Waals surface area contributed by atoms with E-state index in [0.717, 1.165) is 56.9 Å². The highest BCUT2D eigenvalue weighted by Crippen LogP contribution is 2.33. The number of allylic oxidation sites excluding steroid dienone is 1. The highest BCUT2D eigenvalue weighted by Gasteiger charge is 2.16. The summed E-state index contributed by atoms with van der Waals surface area (Å²) < 4.78 is 8.82. The monoisotopic (exact) mass is 490 g/mol. The van der Waals surface area contributed by atoms with E-state index in [4.69, 9.17) is 14.8 Å². The topological polar surface area (TPSA) is 63.7 Å². The predicted octanol–water partition coefficient (Wildman–Crippen LogP) is 7.70. The second-order valence-electron chi connectivity index (χ2n) is 8.55. The fourth-order valence-corrected chi connectivity index (χ4v) is 4.96. The molecule has 0 unspecified atom stereocenters. The number of aromatic nitrogens is 3. The highest BCUT2D eigenvalue weighted by atomic mass is 32.1. The number of unbranched alkanes of at least 4 members (excludes halogenated alkanes) is 1. The molecule has 0 spiro atoms. The normalized spacial score (nSPS) is 11.5. The number of benzene rings is 3. The molecule has 5 nitrogen and oxygen atoms in total. The number of hydrogen-bond acceptors (Lipinski definition) is 5. The van der Waals surface area contributed by atoms with Gasteiger partial charge in [0.25, 0.3) is 0 Å². The van der Waals surface area contributed by atoms with Crippen LogP contribution < -0.4 is 4.74 Å². The molecule has 6 heteroatoms. The Morgan fingerprint density at radius 2 is 1.89 bits per heavy atom. The van der Waals surface area contributed by atoms with E-state index in [1.54, 1.807) is 0 Å². The third-order valence-corrected chi connectivity index (χ3v) is 7.00. The summed E-state index contributed by atoms with van der Waals surface area (Å²) in [4.78, 5) is 4.70. The molecule has 5 rings (SSSR count). The van der Waals surface area contributed by atoms with Gasteiger partial charge in [-0.15, -0.1) is 11.3 Å². The lowest BCUT2D eigenvalue weighted by Crippen LogP contribution is -1.98. The van der Waals surface area contributed by atoms with Crippen LogP contribution in [-0.4, -0.2) is 21.4 Å². The van der Waals surface area contributed by atoms with E-state index in [1.807, 2.05) is 77.6 Å². The molecule has 2 heterocycles. The Hall–Kier alpha value is -4.21. The smallest absolute Gasteiger partial charge is 0.135 e. The van der Waals surface area contributed by atoms with Crippen LogP contribution in [0, 0.1) is 18.3 Å². The van der Waals surface area contributed by atoms with E-state index >= 15 is 0 Å². The fourth-order valence-electron chi connectivity index (χ4n) is 4.03. The Balaban J connectivity index is 1.60. The maximum absolute atomic E-state index is 10.0. The fraction of sp³-hybridized carbons (Fsp3) is 0.167. The second-order valence-corrected chi connectivity index (χ2v) is 9.58. The van der Waals surface area contributed by atoms with Gasteiger partial charge < -0.3 is 4.74 Å². The van der Waals surface area contributed by atoms with Crippen molar-refractivity contribution in [2.24, 2.45) is 0 Å². The van der Waals surface area contributed by atoms with E-state index in [1.165, 1.54) is 11.3 Å². The van der Waals surface area contributed by atoms with E-state index in [-0.39, 0.29) is 0 Å². The molecule has 0 bridgehead atoms. The molecule has 0 saturated carbocycles. The van der Waals surface area contributed by atoms with E-state index < -0.39 is 0 Å². The molecule has 0 amide bonds. The number of hydrogen-bond donors (Lipinski definition) is 0. The van der Waals surface area contributed by atoms with Gasteiger partial charge in [-0.25, -0.2) is 9.67 Å². The zero-order valence-corrected chi connectivity index (χ0v) is 21.1. The number of nitriles is 1. The van der Waals surface area contributed by atoms with Crippen molar-refractivity contribution in [3.8, 4) is 28.8 Å². The largest absolute Gasteiger partial charge is 0.494 e. The lowest BCUT2D eigenvalue weighted by Gasteiger charge is -2.09. The first-order valence-electron chi connectivity index (χ1n) is 12.0. The maximum Gasteiger partial charge on any atom is 0.135 e. The third kappa shape index (κ3) is 4.93. The number of ether oxygens (including phenoxy) is 1. The van der Waals surface area contributed by atoms with Crippen molar-refractivity contribution < 1.29 is 4.74 Å². The van der Waals surface area contributed by atoms with Crippen molar-refractivity contribution in [3.63, 3.8) is 0 Å². The first-order valence-corrected chi connectivity index (χ1v) is 12.8. The highest BCUT2D eigenvalue weighted by molar-refractivity contribution is 7.19. The Kier molecular flexibility index (Phi) is 6.92. The van der Waals surface area contributed by atoms with Crippen molar-refractivity contribution in [2.45, 2.75) is 26.7 Å². The molecule has 2 aromatic heterocycles. The molecule has 0 aliphatic carbocycles. The van der Waals surface area contributed by atoms with Gasteiger partial charge in [0, 0.05) is 17.3 Å². The Morgan fingerprint density at radius 1 is 1.08 bits per heavy atom. The van der Waals surface area contributed by atoms with Gasteiger partial charge in [-0.05, 0) is 67.4 Å². The Morgan fingerprint density at radius 3 is 2.64 bits per heavy atom. The maximum atomic E-state index is 10.0. The molecule has 5 aromatic rings. The number of nitrogens with zero attached hydrogens (tertiary/aromatic N) is 4. The van der Waals surface area contributed by atoms with Crippen molar-refractivity contribution in [3.05, 3.63) is 95.1 Å². The standard InChI is InChI=1S/C30H26N4OS/c1-3-4-16-35-25-14-15-26(21(2)17-25)29-23(20-34(33-29)24-10-6-5-7-11-24)18-22(19-31)30-32-27-12-8-9-13-28(27)36-30/h5-15,17-18,20H,3-4,16H2,1-2H3/b22-18-. The molecule has 0 aliphatic rings. The summed E-state index contributed by atoms with van der Waals surface area (Å²) >= 11 is 1.52. The first kappa shape index (κ1) is 23.5. The average Bonchev–Trinajstić information content (AvgIpc) is 3.52. The molecule has 0 saturated heterocycles. The zero-order chi connectivity index (χ0) is 24.9. The summed E-state index contributed by atoms with van der Waals surface area (Å²) in [5.74, 6) is 0.858. The minimum Gasteiger partial charge on any atom is -0.494 e. The number of fused-ring (bicyclic) bond motifs is 1. The minimum absolute atomic E-state index is 0.516. The summed E-state index contributed by atoms with van der Waals surface area (Å²) in [6.45, 7) is 4.93. The number of para-hydroxylation sites is 2. The van der Waals surface area contributed by atoms with Crippen molar-refractivity contribution >= 4 is 33.2 Å². The molecule has 3 aromatic carbocycles.